The molecular formula is C14H20O. The molecule has 2 rings (SSSR count). The summed E-state index contributed by atoms with van der Waals surface area (Å²) in [6, 6.07) is 6.66. The summed E-state index contributed by atoms with van der Waals surface area (Å²) in [6.07, 6.45) is 4.12. The first kappa shape index (κ1) is 10.7. The van der Waals surface area contributed by atoms with Gasteiger partial charge in [0.15, 0.2) is 0 Å². The van der Waals surface area contributed by atoms with E-state index in [4.69, 9.17) is 0 Å². The predicted octanol–water partition coefficient (Wildman–Crippen LogP) is 3.19. The highest BCUT2D eigenvalue weighted by Gasteiger charge is 2.27. The van der Waals surface area contributed by atoms with Crippen molar-refractivity contribution in [2.45, 2.75) is 51.6 Å². The summed E-state index contributed by atoms with van der Waals surface area (Å²) in [7, 11) is 0. The standard InChI is InChI=1S/C14H20O/c1-3-4-14(15)12-8-7-11-6-5-10(2)9-13(11)12/h5-6,9,12,14-15H,3-4,7-8H2,1-2H3. The topological polar surface area (TPSA) is 20.2 Å². The van der Waals surface area contributed by atoms with Gasteiger partial charge in [0.25, 0.3) is 0 Å². The Balaban J connectivity index is 2.23. The van der Waals surface area contributed by atoms with Crippen molar-refractivity contribution in [1.29, 1.82) is 0 Å². The van der Waals surface area contributed by atoms with Crippen LogP contribution in [0.2, 0.25) is 0 Å². The fraction of sp³-hybridized carbons (Fsp3) is 0.571. The second-order valence-electron chi connectivity index (χ2n) is 4.70. The summed E-state index contributed by atoms with van der Waals surface area (Å²) in [6.45, 7) is 4.26. The molecule has 1 heteroatoms. The van der Waals surface area contributed by atoms with Crippen LogP contribution in [0, 0.1) is 6.92 Å². The van der Waals surface area contributed by atoms with Crippen LogP contribution in [-0.2, 0) is 6.42 Å². The SMILES string of the molecule is CCCC(O)C1CCc2ccc(C)cc21. The second-order valence-corrected chi connectivity index (χ2v) is 4.70. The number of aryl methyl sites for hydroxylation is 2. The Labute approximate surface area is 92.1 Å². The first-order chi connectivity index (χ1) is 7.22. The van der Waals surface area contributed by atoms with Gasteiger partial charge in [0.05, 0.1) is 6.10 Å². The van der Waals surface area contributed by atoms with Crippen LogP contribution >= 0.6 is 0 Å². The summed E-state index contributed by atoms with van der Waals surface area (Å²) in [5, 5.41) is 10.1. The van der Waals surface area contributed by atoms with Crippen LogP contribution in [0.4, 0.5) is 0 Å². The Kier molecular flexibility index (Phi) is 3.11. The minimum Gasteiger partial charge on any atom is -0.392 e. The van der Waals surface area contributed by atoms with Gasteiger partial charge in [-0.25, -0.2) is 0 Å². The molecule has 0 saturated heterocycles. The van der Waals surface area contributed by atoms with Crippen molar-refractivity contribution in [3.05, 3.63) is 34.9 Å². The summed E-state index contributed by atoms with van der Waals surface area (Å²) in [5.74, 6) is 0.389. The molecule has 0 amide bonds. The van der Waals surface area contributed by atoms with Crippen LogP contribution in [0.25, 0.3) is 0 Å². The molecule has 0 radical (unpaired) electrons. The maximum Gasteiger partial charge on any atom is 0.0608 e. The normalized spacial score (nSPS) is 21.4. The molecule has 0 fully saturated rings. The fourth-order valence-electron chi connectivity index (χ4n) is 2.65. The lowest BCUT2D eigenvalue weighted by molar-refractivity contribution is 0.132. The molecule has 2 unspecified atom stereocenters. The van der Waals surface area contributed by atoms with Crippen molar-refractivity contribution in [3.63, 3.8) is 0 Å². The van der Waals surface area contributed by atoms with E-state index >= 15 is 0 Å². The highest BCUT2D eigenvalue weighted by molar-refractivity contribution is 5.38. The van der Waals surface area contributed by atoms with Gasteiger partial charge in [0.1, 0.15) is 0 Å². The molecule has 1 aromatic rings. The summed E-state index contributed by atoms with van der Waals surface area (Å²) in [4.78, 5) is 0. The van der Waals surface area contributed by atoms with Gasteiger partial charge in [-0.1, -0.05) is 37.1 Å². The molecule has 0 bridgehead atoms. The lowest BCUT2D eigenvalue weighted by atomic mass is 9.92. The summed E-state index contributed by atoms with van der Waals surface area (Å²) < 4.78 is 0. The Morgan fingerprint density at radius 2 is 2.27 bits per heavy atom. The molecule has 1 aromatic carbocycles. The number of hydrogen-bond acceptors (Lipinski definition) is 1. The average molecular weight is 204 g/mol. The number of fused-ring (bicyclic) bond motifs is 1. The third kappa shape index (κ3) is 2.07. The molecule has 0 heterocycles. The smallest absolute Gasteiger partial charge is 0.0608 e. The maximum atomic E-state index is 10.1. The molecule has 15 heavy (non-hydrogen) atoms. The number of aliphatic hydroxyl groups is 1. The molecule has 1 aliphatic carbocycles. The fourth-order valence-corrected chi connectivity index (χ4v) is 2.65. The number of rotatable bonds is 3. The zero-order chi connectivity index (χ0) is 10.8. The van der Waals surface area contributed by atoms with Crippen LogP contribution in [0.1, 0.15) is 48.8 Å². The highest BCUT2D eigenvalue weighted by atomic mass is 16.3. The van der Waals surface area contributed by atoms with Crippen LogP contribution in [0.15, 0.2) is 18.2 Å². The van der Waals surface area contributed by atoms with Gasteiger partial charge in [-0.05, 0) is 37.3 Å². The minimum atomic E-state index is -0.141. The van der Waals surface area contributed by atoms with Gasteiger partial charge in [-0.2, -0.15) is 0 Å². The summed E-state index contributed by atoms with van der Waals surface area (Å²) >= 11 is 0. The van der Waals surface area contributed by atoms with Gasteiger partial charge in [0, 0.05) is 5.92 Å². The molecule has 0 saturated carbocycles. The molecule has 2 atom stereocenters. The first-order valence-electron chi connectivity index (χ1n) is 6.00. The molecule has 0 aromatic heterocycles. The number of aliphatic hydroxyl groups excluding tert-OH is 1. The minimum absolute atomic E-state index is 0.141. The molecule has 1 aliphatic rings. The monoisotopic (exact) mass is 204 g/mol. The van der Waals surface area contributed by atoms with Gasteiger partial charge in [-0.15, -0.1) is 0 Å². The Hall–Kier alpha value is -0.820. The van der Waals surface area contributed by atoms with Crippen LogP contribution in [-0.4, -0.2) is 11.2 Å². The largest absolute Gasteiger partial charge is 0.392 e. The summed E-state index contributed by atoms with van der Waals surface area (Å²) in [5.41, 5.74) is 4.15. The molecule has 0 aliphatic heterocycles. The third-order valence-electron chi connectivity index (χ3n) is 3.47. The van der Waals surface area contributed by atoms with E-state index in [2.05, 4.69) is 32.0 Å². The maximum absolute atomic E-state index is 10.1. The lowest BCUT2D eigenvalue weighted by Crippen LogP contribution is -2.15. The quantitative estimate of drug-likeness (QED) is 0.801. The van der Waals surface area contributed by atoms with E-state index in [0.29, 0.717) is 5.92 Å². The van der Waals surface area contributed by atoms with Gasteiger partial charge < -0.3 is 5.11 Å². The van der Waals surface area contributed by atoms with Gasteiger partial charge in [0.2, 0.25) is 0 Å². The zero-order valence-corrected chi connectivity index (χ0v) is 9.66. The Bertz CT molecular complexity index is 343. The van der Waals surface area contributed by atoms with Crippen molar-refractivity contribution in [3.8, 4) is 0 Å². The van der Waals surface area contributed by atoms with E-state index in [-0.39, 0.29) is 6.10 Å². The van der Waals surface area contributed by atoms with Gasteiger partial charge in [-0.3, -0.25) is 0 Å². The van der Waals surface area contributed by atoms with Crippen LogP contribution < -0.4 is 0 Å². The number of hydrogen-bond donors (Lipinski definition) is 1. The molecule has 0 spiro atoms. The predicted molar refractivity (Wildman–Crippen MR) is 63.2 cm³/mol. The third-order valence-corrected chi connectivity index (χ3v) is 3.47. The molecule has 82 valence electrons. The van der Waals surface area contributed by atoms with Crippen molar-refractivity contribution >= 4 is 0 Å². The average Bonchev–Trinajstić information content (AvgIpc) is 2.60. The van der Waals surface area contributed by atoms with Crippen molar-refractivity contribution in [2.24, 2.45) is 0 Å². The highest BCUT2D eigenvalue weighted by Crippen LogP contribution is 2.37. The lowest BCUT2D eigenvalue weighted by Gasteiger charge is -2.18. The van der Waals surface area contributed by atoms with Crippen molar-refractivity contribution < 1.29 is 5.11 Å². The van der Waals surface area contributed by atoms with Crippen LogP contribution in [0.3, 0.4) is 0 Å². The molecule has 1 nitrogen and oxygen atoms in total. The second kappa shape index (κ2) is 4.36. The molecular weight excluding hydrogens is 184 g/mol. The van der Waals surface area contributed by atoms with Crippen molar-refractivity contribution in [2.75, 3.05) is 0 Å². The van der Waals surface area contributed by atoms with E-state index in [0.717, 1.165) is 25.7 Å². The van der Waals surface area contributed by atoms with Crippen LogP contribution in [0.5, 0.6) is 0 Å². The Morgan fingerprint density at radius 1 is 1.47 bits per heavy atom. The first-order valence-corrected chi connectivity index (χ1v) is 6.00. The van der Waals surface area contributed by atoms with E-state index in [1.165, 1.54) is 16.7 Å². The zero-order valence-electron chi connectivity index (χ0n) is 9.66. The molecule has 1 N–H and O–H groups in total. The van der Waals surface area contributed by atoms with E-state index < -0.39 is 0 Å². The van der Waals surface area contributed by atoms with Gasteiger partial charge >= 0.3 is 0 Å². The Morgan fingerprint density at radius 3 is 3.00 bits per heavy atom. The van der Waals surface area contributed by atoms with E-state index in [1.807, 2.05) is 0 Å². The van der Waals surface area contributed by atoms with E-state index in [1.54, 1.807) is 0 Å². The van der Waals surface area contributed by atoms with Crippen molar-refractivity contribution in [1.82, 2.24) is 0 Å². The van der Waals surface area contributed by atoms with E-state index in [9.17, 15) is 5.11 Å². The number of benzene rings is 1.